The first-order chi connectivity index (χ1) is 8.34. The first kappa shape index (κ1) is 12.6. The molecular formula is C15H24O3. The van der Waals surface area contributed by atoms with Crippen LogP contribution in [-0.2, 0) is 9.47 Å². The third kappa shape index (κ3) is 1.93. The Morgan fingerprint density at radius 3 is 2.78 bits per heavy atom. The molecule has 2 aliphatic heterocycles. The lowest BCUT2D eigenvalue weighted by Crippen LogP contribution is -2.37. The van der Waals surface area contributed by atoms with Crippen LogP contribution in [0.5, 0.6) is 0 Å². The van der Waals surface area contributed by atoms with E-state index in [0.29, 0.717) is 0 Å². The van der Waals surface area contributed by atoms with Crippen molar-refractivity contribution in [1.82, 2.24) is 0 Å². The molecule has 3 aliphatic rings. The topological polar surface area (TPSA) is 45.3 Å². The monoisotopic (exact) mass is 252 g/mol. The van der Waals surface area contributed by atoms with Crippen molar-refractivity contribution in [2.24, 2.45) is 5.41 Å². The molecule has 0 aromatic rings. The van der Waals surface area contributed by atoms with Gasteiger partial charge < -0.3 is 14.6 Å². The summed E-state index contributed by atoms with van der Waals surface area (Å²) in [6.45, 7) is 8.65. The van der Waals surface area contributed by atoms with Gasteiger partial charge in [0.1, 0.15) is 17.8 Å². The minimum absolute atomic E-state index is 0.0400. The second-order valence-corrected chi connectivity index (χ2v) is 7.04. The Hall–Kier alpha value is -0.380. The van der Waals surface area contributed by atoms with Gasteiger partial charge in [0, 0.05) is 0 Å². The van der Waals surface area contributed by atoms with Gasteiger partial charge in [-0.1, -0.05) is 25.5 Å². The van der Waals surface area contributed by atoms with E-state index >= 15 is 0 Å². The van der Waals surface area contributed by atoms with Crippen molar-refractivity contribution >= 4 is 0 Å². The fourth-order valence-corrected chi connectivity index (χ4v) is 3.21. The number of aliphatic hydroxyl groups is 1. The Bertz CT molecular complexity index is 387. The zero-order chi connectivity index (χ0) is 13.1. The van der Waals surface area contributed by atoms with Crippen LogP contribution in [-0.4, -0.2) is 35.1 Å². The number of epoxide rings is 2. The van der Waals surface area contributed by atoms with Crippen molar-refractivity contribution in [3.8, 4) is 0 Å². The molecule has 0 aromatic carbocycles. The van der Waals surface area contributed by atoms with E-state index in [0.717, 1.165) is 19.3 Å². The highest BCUT2D eigenvalue weighted by Gasteiger charge is 2.65. The van der Waals surface area contributed by atoms with Crippen LogP contribution in [0.1, 0.15) is 47.0 Å². The first-order valence-corrected chi connectivity index (χ1v) is 7.01. The van der Waals surface area contributed by atoms with E-state index in [-0.39, 0.29) is 29.3 Å². The van der Waals surface area contributed by atoms with Crippen LogP contribution in [0.15, 0.2) is 11.6 Å². The van der Waals surface area contributed by atoms with E-state index < -0.39 is 6.10 Å². The zero-order valence-electron chi connectivity index (χ0n) is 11.8. The van der Waals surface area contributed by atoms with Crippen LogP contribution >= 0.6 is 0 Å². The second kappa shape index (κ2) is 3.81. The van der Waals surface area contributed by atoms with E-state index in [2.05, 4.69) is 26.8 Å². The number of aliphatic hydroxyl groups excluding tert-OH is 1. The molecule has 5 atom stereocenters. The van der Waals surface area contributed by atoms with Gasteiger partial charge in [-0.25, -0.2) is 0 Å². The normalized spacial score (nSPS) is 53.3. The summed E-state index contributed by atoms with van der Waals surface area (Å²) in [5.41, 5.74) is 1.15. The molecule has 0 aromatic heterocycles. The Kier molecular flexibility index (Phi) is 2.68. The van der Waals surface area contributed by atoms with Crippen molar-refractivity contribution < 1.29 is 14.6 Å². The standard InChI is InChI=1S/C15H24O3/c1-9-5-6-10-15(4,18-10)12(16)11-13(17-11)14(2,3)8-7-9/h7,10-13,16H,5-6,8H2,1-4H3/b9-7-/t10-,11+,12?,13-,15+/m1/s1. The number of allylic oxidation sites excluding steroid dienone is 2. The zero-order valence-corrected chi connectivity index (χ0v) is 11.8. The van der Waals surface area contributed by atoms with Crippen molar-refractivity contribution in [3.63, 3.8) is 0 Å². The van der Waals surface area contributed by atoms with Crippen molar-refractivity contribution in [2.75, 3.05) is 0 Å². The summed E-state index contributed by atoms with van der Waals surface area (Å²) < 4.78 is 11.5. The maximum Gasteiger partial charge on any atom is 0.120 e. The lowest BCUT2D eigenvalue weighted by molar-refractivity contribution is 0.0593. The van der Waals surface area contributed by atoms with Gasteiger partial charge in [0.05, 0.1) is 12.2 Å². The lowest BCUT2D eigenvalue weighted by Gasteiger charge is -2.22. The van der Waals surface area contributed by atoms with Crippen LogP contribution < -0.4 is 0 Å². The molecule has 0 saturated carbocycles. The average molecular weight is 252 g/mol. The highest BCUT2D eigenvalue weighted by molar-refractivity contribution is 5.16. The lowest BCUT2D eigenvalue weighted by atomic mass is 9.81. The summed E-state index contributed by atoms with van der Waals surface area (Å²) in [6, 6.07) is 0. The Balaban J connectivity index is 1.83. The third-order valence-electron chi connectivity index (χ3n) is 4.95. The summed E-state index contributed by atoms with van der Waals surface area (Å²) in [7, 11) is 0. The smallest absolute Gasteiger partial charge is 0.120 e. The van der Waals surface area contributed by atoms with E-state index in [1.807, 2.05) is 6.92 Å². The molecule has 0 radical (unpaired) electrons. The van der Waals surface area contributed by atoms with Gasteiger partial charge in [0.25, 0.3) is 0 Å². The molecule has 2 heterocycles. The predicted molar refractivity (Wildman–Crippen MR) is 69.3 cm³/mol. The highest BCUT2D eigenvalue weighted by Crippen LogP contribution is 2.51. The number of ether oxygens (including phenoxy) is 2. The van der Waals surface area contributed by atoms with Gasteiger partial charge in [-0.15, -0.1) is 0 Å². The maximum atomic E-state index is 10.4. The highest BCUT2D eigenvalue weighted by atomic mass is 16.6. The molecular weight excluding hydrogens is 228 g/mol. The number of hydrogen-bond donors (Lipinski definition) is 1. The molecule has 2 fully saturated rings. The SMILES string of the molecule is C/C1=C/CC(C)(C)[C@@H]2O[C@H]2C(O)[C@@]2(C)O[C@@H]2CC1. The molecule has 3 nitrogen and oxygen atoms in total. The number of rotatable bonds is 0. The van der Waals surface area contributed by atoms with Gasteiger partial charge in [-0.05, 0) is 38.5 Å². The van der Waals surface area contributed by atoms with E-state index in [1.54, 1.807) is 0 Å². The summed E-state index contributed by atoms with van der Waals surface area (Å²) in [6.07, 6.45) is 5.27. The van der Waals surface area contributed by atoms with Crippen LogP contribution in [0.25, 0.3) is 0 Å². The molecule has 3 rings (SSSR count). The summed E-state index contributed by atoms with van der Waals surface area (Å²) >= 11 is 0. The quantitative estimate of drug-likeness (QED) is 0.532. The van der Waals surface area contributed by atoms with Crippen LogP contribution in [0, 0.1) is 5.41 Å². The predicted octanol–water partition coefficient (Wildman–Crippen LogP) is 2.43. The Morgan fingerprint density at radius 2 is 2.06 bits per heavy atom. The Labute approximate surface area is 109 Å². The molecule has 3 heteroatoms. The summed E-state index contributed by atoms with van der Waals surface area (Å²) in [5, 5.41) is 10.4. The van der Waals surface area contributed by atoms with Gasteiger partial charge in [-0.3, -0.25) is 0 Å². The van der Waals surface area contributed by atoms with Gasteiger partial charge in [-0.2, -0.15) is 0 Å². The van der Waals surface area contributed by atoms with E-state index in [1.165, 1.54) is 5.57 Å². The largest absolute Gasteiger partial charge is 0.387 e. The Morgan fingerprint density at radius 1 is 1.33 bits per heavy atom. The van der Waals surface area contributed by atoms with Crippen molar-refractivity contribution in [2.45, 2.75) is 77.0 Å². The van der Waals surface area contributed by atoms with Crippen molar-refractivity contribution in [1.29, 1.82) is 0 Å². The number of hydrogen-bond acceptors (Lipinski definition) is 3. The molecule has 102 valence electrons. The molecule has 0 amide bonds. The number of fused-ring (bicyclic) bond motifs is 2. The van der Waals surface area contributed by atoms with Gasteiger partial charge in [0.15, 0.2) is 0 Å². The molecule has 0 bridgehead atoms. The summed E-state index contributed by atoms with van der Waals surface area (Å²) in [4.78, 5) is 0. The van der Waals surface area contributed by atoms with Gasteiger partial charge >= 0.3 is 0 Å². The minimum atomic E-state index is -0.481. The fourth-order valence-electron chi connectivity index (χ4n) is 3.21. The van der Waals surface area contributed by atoms with Crippen molar-refractivity contribution in [3.05, 3.63) is 11.6 Å². The fraction of sp³-hybridized carbons (Fsp3) is 0.867. The van der Waals surface area contributed by atoms with Crippen LogP contribution in [0.2, 0.25) is 0 Å². The summed E-state index contributed by atoms with van der Waals surface area (Å²) in [5.74, 6) is 0. The molecule has 18 heavy (non-hydrogen) atoms. The minimum Gasteiger partial charge on any atom is -0.387 e. The molecule has 1 unspecified atom stereocenters. The van der Waals surface area contributed by atoms with Crippen LogP contribution in [0.3, 0.4) is 0 Å². The van der Waals surface area contributed by atoms with E-state index in [9.17, 15) is 5.11 Å². The maximum absolute atomic E-state index is 10.4. The molecule has 0 spiro atoms. The van der Waals surface area contributed by atoms with E-state index in [4.69, 9.17) is 9.47 Å². The molecule has 1 aliphatic carbocycles. The first-order valence-electron chi connectivity index (χ1n) is 7.01. The van der Waals surface area contributed by atoms with Gasteiger partial charge in [0.2, 0.25) is 0 Å². The second-order valence-electron chi connectivity index (χ2n) is 7.04. The molecule has 1 N–H and O–H groups in total. The molecule has 2 saturated heterocycles. The third-order valence-corrected chi connectivity index (χ3v) is 4.95. The van der Waals surface area contributed by atoms with Crippen LogP contribution in [0.4, 0.5) is 0 Å². The average Bonchev–Trinajstić information content (AvgIpc) is 3.17.